The summed E-state index contributed by atoms with van der Waals surface area (Å²) in [6, 6.07) is 9.18. The number of ether oxygens (including phenoxy) is 1. The summed E-state index contributed by atoms with van der Waals surface area (Å²) >= 11 is 6.08. The average molecular weight is 447 g/mol. The van der Waals surface area contributed by atoms with E-state index in [1.807, 2.05) is 0 Å². The highest BCUT2D eigenvalue weighted by molar-refractivity contribution is 6.32. The predicted molar refractivity (Wildman–Crippen MR) is 109 cm³/mol. The Hall–Kier alpha value is -3.92. The van der Waals surface area contributed by atoms with Crippen LogP contribution in [0.15, 0.2) is 48.2 Å². The number of carbonyl (C=O) groups is 4. The molecule has 160 valence electrons. The number of nitrogens with one attached hydrogen (secondary N) is 2. The van der Waals surface area contributed by atoms with E-state index < -0.39 is 36.1 Å². The molecule has 2 aromatic rings. The van der Waals surface area contributed by atoms with Gasteiger partial charge in [0.25, 0.3) is 11.8 Å². The van der Waals surface area contributed by atoms with Crippen molar-refractivity contribution >= 4 is 47.1 Å². The van der Waals surface area contributed by atoms with Gasteiger partial charge in [-0.25, -0.2) is 14.1 Å². The van der Waals surface area contributed by atoms with Crippen LogP contribution in [0.2, 0.25) is 5.02 Å². The molecule has 9 nitrogen and oxygen atoms in total. The molecule has 0 aliphatic carbocycles. The molecule has 1 heterocycles. The summed E-state index contributed by atoms with van der Waals surface area (Å²) < 4.78 is 18.8. The van der Waals surface area contributed by atoms with Gasteiger partial charge in [0, 0.05) is 0 Å². The van der Waals surface area contributed by atoms with Crippen LogP contribution in [0.25, 0.3) is 6.08 Å². The van der Waals surface area contributed by atoms with Crippen LogP contribution >= 0.6 is 11.6 Å². The summed E-state index contributed by atoms with van der Waals surface area (Å²) in [4.78, 5) is 48.2. The molecule has 0 spiro atoms. The number of primary amides is 1. The monoisotopic (exact) mass is 446 g/mol. The number of nitrogens with two attached hydrogens (primary N) is 1. The summed E-state index contributed by atoms with van der Waals surface area (Å²) in [6.07, 6.45) is 1.36. The smallest absolute Gasteiger partial charge is 0.329 e. The highest BCUT2D eigenvalue weighted by Crippen LogP contribution is 2.27. The Kier molecular flexibility index (Phi) is 6.51. The fourth-order valence-electron chi connectivity index (χ4n) is 2.65. The van der Waals surface area contributed by atoms with E-state index in [1.165, 1.54) is 42.5 Å². The number of nitrogens with zero attached hydrogens (tertiary/aromatic N) is 1. The predicted octanol–water partition coefficient (Wildman–Crippen LogP) is 1.87. The molecule has 31 heavy (non-hydrogen) atoms. The van der Waals surface area contributed by atoms with Gasteiger partial charge in [-0.2, -0.15) is 0 Å². The van der Waals surface area contributed by atoms with E-state index in [-0.39, 0.29) is 28.8 Å². The maximum absolute atomic E-state index is 13.6. The quantitative estimate of drug-likeness (QED) is 0.441. The van der Waals surface area contributed by atoms with E-state index in [0.29, 0.717) is 10.5 Å². The third-order valence-corrected chi connectivity index (χ3v) is 4.34. The van der Waals surface area contributed by atoms with Crippen molar-refractivity contribution < 1.29 is 28.3 Å². The lowest BCUT2D eigenvalue weighted by Gasteiger charge is -2.12. The zero-order valence-corrected chi connectivity index (χ0v) is 16.6. The first-order chi connectivity index (χ1) is 14.7. The molecule has 1 saturated heterocycles. The van der Waals surface area contributed by atoms with E-state index in [1.54, 1.807) is 6.07 Å². The summed E-state index contributed by atoms with van der Waals surface area (Å²) in [6.45, 7) is -0.949. The molecule has 2 aromatic carbocycles. The van der Waals surface area contributed by atoms with Crippen LogP contribution in [-0.2, 0) is 14.4 Å². The molecule has 0 bridgehead atoms. The number of rotatable bonds is 7. The highest BCUT2D eigenvalue weighted by atomic mass is 35.5. The number of para-hydroxylation sites is 1. The Morgan fingerprint density at radius 1 is 1.23 bits per heavy atom. The van der Waals surface area contributed by atoms with Crippen LogP contribution in [0.3, 0.4) is 0 Å². The van der Waals surface area contributed by atoms with Crippen molar-refractivity contribution in [2.24, 2.45) is 5.73 Å². The number of amides is 5. The van der Waals surface area contributed by atoms with Gasteiger partial charge in [0.2, 0.25) is 5.91 Å². The summed E-state index contributed by atoms with van der Waals surface area (Å²) in [5.74, 6) is -2.57. The number of hydrogen-bond acceptors (Lipinski definition) is 5. The summed E-state index contributed by atoms with van der Waals surface area (Å²) in [7, 11) is 0. The third kappa shape index (κ3) is 5.37. The van der Waals surface area contributed by atoms with Crippen molar-refractivity contribution in [1.82, 2.24) is 10.2 Å². The molecule has 3 rings (SSSR count). The van der Waals surface area contributed by atoms with Gasteiger partial charge in [0.1, 0.15) is 23.8 Å². The van der Waals surface area contributed by atoms with Gasteiger partial charge in [-0.15, -0.1) is 0 Å². The van der Waals surface area contributed by atoms with Crippen molar-refractivity contribution in [2.45, 2.75) is 0 Å². The maximum atomic E-state index is 13.6. The van der Waals surface area contributed by atoms with Gasteiger partial charge in [-0.3, -0.25) is 14.4 Å². The number of carbonyl (C=O) groups excluding carboxylic acids is 4. The number of halogens is 2. The van der Waals surface area contributed by atoms with E-state index >= 15 is 0 Å². The van der Waals surface area contributed by atoms with Crippen molar-refractivity contribution in [2.75, 3.05) is 18.5 Å². The topological polar surface area (TPSA) is 131 Å². The molecule has 0 unspecified atom stereocenters. The minimum absolute atomic E-state index is 0.0661. The van der Waals surface area contributed by atoms with Crippen LogP contribution in [-0.4, -0.2) is 41.8 Å². The first kappa shape index (κ1) is 21.8. The first-order valence-corrected chi connectivity index (χ1v) is 9.22. The molecule has 1 aliphatic rings. The summed E-state index contributed by atoms with van der Waals surface area (Å²) in [5.41, 5.74) is 5.32. The minimum atomic E-state index is -0.799. The second-order valence-corrected chi connectivity index (χ2v) is 6.76. The maximum Gasteiger partial charge on any atom is 0.329 e. The number of hydrogen-bond donors (Lipinski definition) is 3. The first-order valence-electron chi connectivity index (χ1n) is 8.84. The normalized spacial score (nSPS) is 14.5. The lowest BCUT2D eigenvalue weighted by Crippen LogP contribution is -2.38. The largest absolute Gasteiger partial charge is 0.482 e. The molecular weight excluding hydrogens is 431 g/mol. The molecule has 1 aliphatic heterocycles. The van der Waals surface area contributed by atoms with Gasteiger partial charge in [0.15, 0.2) is 6.61 Å². The standard InChI is InChI=1S/C20H16ClFN4O5/c21-12-7-11(5-6-16(12)31-10-17(23)27)8-15-19(29)26(20(30)25-15)9-18(28)24-14-4-2-1-3-13(14)22/h1-8H,9-10H2,(H2,23,27)(H,24,28)(H,25,30). The van der Waals surface area contributed by atoms with Gasteiger partial charge in [-0.05, 0) is 35.9 Å². The number of urea groups is 1. The Labute approximate surface area is 180 Å². The van der Waals surface area contributed by atoms with E-state index in [2.05, 4.69) is 10.6 Å². The van der Waals surface area contributed by atoms with Gasteiger partial charge in [-0.1, -0.05) is 29.8 Å². The minimum Gasteiger partial charge on any atom is -0.482 e. The number of imide groups is 1. The lowest BCUT2D eigenvalue weighted by atomic mass is 10.2. The van der Waals surface area contributed by atoms with Crippen LogP contribution in [0.1, 0.15) is 5.56 Å². The molecule has 0 atom stereocenters. The van der Waals surface area contributed by atoms with E-state index in [9.17, 15) is 23.6 Å². The average Bonchev–Trinajstić information content (AvgIpc) is 2.96. The van der Waals surface area contributed by atoms with Crippen molar-refractivity contribution in [3.8, 4) is 5.75 Å². The van der Waals surface area contributed by atoms with E-state index in [0.717, 1.165) is 0 Å². The Balaban J connectivity index is 1.68. The number of anilines is 1. The fraction of sp³-hybridized carbons (Fsp3) is 0.100. The van der Waals surface area contributed by atoms with Crippen molar-refractivity contribution in [1.29, 1.82) is 0 Å². The molecule has 0 aromatic heterocycles. The molecular formula is C20H16ClFN4O5. The molecule has 4 N–H and O–H groups in total. The van der Waals surface area contributed by atoms with Crippen molar-refractivity contribution in [3.05, 3.63) is 64.6 Å². The molecule has 5 amide bonds. The van der Waals surface area contributed by atoms with Crippen LogP contribution in [0.5, 0.6) is 5.75 Å². The number of benzene rings is 2. The van der Waals surface area contributed by atoms with Crippen LogP contribution in [0, 0.1) is 5.82 Å². The zero-order valence-electron chi connectivity index (χ0n) is 15.9. The van der Waals surface area contributed by atoms with Gasteiger partial charge < -0.3 is 21.1 Å². The zero-order chi connectivity index (χ0) is 22.5. The Bertz CT molecular complexity index is 1100. The second kappa shape index (κ2) is 9.26. The molecule has 1 fully saturated rings. The third-order valence-electron chi connectivity index (χ3n) is 4.05. The lowest BCUT2D eigenvalue weighted by molar-refractivity contribution is -0.127. The van der Waals surface area contributed by atoms with Crippen LogP contribution in [0.4, 0.5) is 14.9 Å². The Morgan fingerprint density at radius 2 is 1.97 bits per heavy atom. The van der Waals surface area contributed by atoms with Gasteiger partial charge in [0.05, 0.1) is 10.7 Å². The summed E-state index contributed by atoms with van der Waals surface area (Å²) in [5, 5.41) is 4.83. The van der Waals surface area contributed by atoms with E-state index in [4.69, 9.17) is 22.1 Å². The molecule has 0 saturated carbocycles. The Morgan fingerprint density at radius 3 is 2.65 bits per heavy atom. The van der Waals surface area contributed by atoms with Gasteiger partial charge >= 0.3 is 6.03 Å². The highest BCUT2D eigenvalue weighted by Gasteiger charge is 2.35. The van der Waals surface area contributed by atoms with Crippen LogP contribution < -0.4 is 21.1 Å². The second-order valence-electron chi connectivity index (χ2n) is 6.35. The fourth-order valence-corrected chi connectivity index (χ4v) is 2.89. The van der Waals surface area contributed by atoms with Crippen molar-refractivity contribution in [3.63, 3.8) is 0 Å². The molecule has 0 radical (unpaired) electrons. The molecule has 11 heteroatoms. The SMILES string of the molecule is NC(=O)COc1ccc(C=C2NC(=O)N(CC(=O)Nc3ccccc3F)C2=O)cc1Cl.